The fraction of sp³-hybridized carbons (Fsp3) is 0.684. The number of rotatable bonds is 13. The molecule has 13 heteroatoms. The molecule has 13 nitrogen and oxygen atoms in total. The van der Waals surface area contributed by atoms with E-state index in [4.69, 9.17) is 10.2 Å². The van der Waals surface area contributed by atoms with Crippen molar-refractivity contribution in [1.29, 1.82) is 0 Å². The molecule has 3 amide bonds. The van der Waals surface area contributed by atoms with Crippen LogP contribution in [-0.4, -0.2) is 81.7 Å². The Labute approximate surface area is 184 Å². The van der Waals surface area contributed by atoms with E-state index in [1.54, 1.807) is 13.8 Å². The van der Waals surface area contributed by atoms with Crippen LogP contribution in [0.2, 0.25) is 0 Å². The Bertz CT molecular complexity index is 734. The first kappa shape index (κ1) is 26.8. The molecule has 0 radical (unpaired) electrons. The van der Waals surface area contributed by atoms with Crippen molar-refractivity contribution < 1.29 is 44.1 Å². The average Bonchev–Trinajstić information content (AvgIpc) is 3.22. The van der Waals surface area contributed by atoms with Crippen molar-refractivity contribution in [2.24, 2.45) is 5.92 Å². The molecule has 1 aliphatic heterocycles. The van der Waals surface area contributed by atoms with Crippen molar-refractivity contribution in [2.75, 3.05) is 6.54 Å². The predicted octanol–water partition coefficient (Wildman–Crippen LogP) is -1.73. The van der Waals surface area contributed by atoms with E-state index >= 15 is 0 Å². The number of carboxylic acid groups (broad SMARTS) is 3. The normalized spacial score (nSPS) is 18.3. The number of aliphatic carboxylic acids is 3. The second-order valence-corrected chi connectivity index (χ2v) is 7.87. The minimum atomic E-state index is -1.63. The van der Waals surface area contributed by atoms with Gasteiger partial charge in [-0.2, -0.15) is 0 Å². The van der Waals surface area contributed by atoms with Crippen LogP contribution in [0.1, 0.15) is 46.0 Å². The van der Waals surface area contributed by atoms with E-state index < -0.39 is 78.6 Å². The van der Waals surface area contributed by atoms with E-state index in [0.717, 1.165) is 6.42 Å². The lowest BCUT2D eigenvalue weighted by atomic mass is 10.0. The van der Waals surface area contributed by atoms with Crippen molar-refractivity contribution >= 4 is 35.6 Å². The maximum absolute atomic E-state index is 12.7. The van der Waals surface area contributed by atoms with Crippen molar-refractivity contribution in [2.45, 2.75) is 70.1 Å². The van der Waals surface area contributed by atoms with Gasteiger partial charge in [-0.3, -0.25) is 24.0 Å². The van der Waals surface area contributed by atoms with Crippen molar-refractivity contribution in [1.82, 2.24) is 21.3 Å². The molecular formula is C19H30N4O9. The minimum Gasteiger partial charge on any atom is -0.481 e. The third kappa shape index (κ3) is 8.88. The second kappa shape index (κ2) is 12.6. The molecule has 1 aliphatic rings. The SMILES string of the molecule is CC(C)C(NC(=O)C(CC(=O)O)NC(=O)C(CCC(=O)O)NC(=O)C1CCCN1)C(=O)O. The zero-order valence-electron chi connectivity index (χ0n) is 17.9. The highest BCUT2D eigenvalue weighted by Gasteiger charge is 2.33. The average molecular weight is 458 g/mol. The van der Waals surface area contributed by atoms with Gasteiger partial charge >= 0.3 is 17.9 Å². The lowest BCUT2D eigenvalue weighted by Gasteiger charge is -2.25. The van der Waals surface area contributed by atoms with Gasteiger partial charge in [0.25, 0.3) is 0 Å². The van der Waals surface area contributed by atoms with Gasteiger partial charge in [0.05, 0.1) is 12.5 Å². The first-order valence-electron chi connectivity index (χ1n) is 10.2. The molecule has 0 spiro atoms. The molecule has 0 bridgehead atoms. The molecule has 4 unspecified atom stereocenters. The van der Waals surface area contributed by atoms with Crippen LogP contribution < -0.4 is 21.3 Å². The van der Waals surface area contributed by atoms with Gasteiger partial charge in [0.1, 0.15) is 18.1 Å². The maximum atomic E-state index is 12.7. The summed E-state index contributed by atoms with van der Waals surface area (Å²) in [6, 6.07) is -4.82. The zero-order valence-corrected chi connectivity index (χ0v) is 17.9. The molecule has 32 heavy (non-hydrogen) atoms. The highest BCUT2D eigenvalue weighted by atomic mass is 16.4. The van der Waals surface area contributed by atoms with Gasteiger partial charge in [-0.25, -0.2) is 4.79 Å². The third-order valence-electron chi connectivity index (χ3n) is 4.90. The zero-order chi connectivity index (χ0) is 24.4. The summed E-state index contributed by atoms with van der Waals surface area (Å²) in [5.74, 6) is -6.97. The van der Waals surface area contributed by atoms with E-state index in [1.807, 2.05) is 0 Å². The van der Waals surface area contributed by atoms with Gasteiger partial charge in [0, 0.05) is 6.42 Å². The first-order valence-corrected chi connectivity index (χ1v) is 10.2. The summed E-state index contributed by atoms with van der Waals surface area (Å²) in [4.78, 5) is 71.0. The lowest BCUT2D eigenvalue weighted by Crippen LogP contribution is -2.58. The van der Waals surface area contributed by atoms with Crippen LogP contribution >= 0.6 is 0 Å². The Morgan fingerprint density at radius 1 is 0.906 bits per heavy atom. The maximum Gasteiger partial charge on any atom is 0.326 e. The van der Waals surface area contributed by atoms with Crippen LogP contribution in [0.4, 0.5) is 0 Å². The van der Waals surface area contributed by atoms with Gasteiger partial charge in [0.15, 0.2) is 0 Å². The van der Waals surface area contributed by atoms with E-state index in [9.17, 15) is 33.9 Å². The molecule has 1 rings (SSSR count). The predicted molar refractivity (Wildman–Crippen MR) is 108 cm³/mol. The van der Waals surface area contributed by atoms with E-state index in [1.165, 1.54) is 0 Å². The Balaban J connectivity index is 2.95. The van der Waals surface area contributed by atoms with E-state index in [0.29, 0.717) is 13.0 Å². The molecular weight excluding hydrogens is 428 g/mol. The monoisotopic (exact) mass is 458 g/mol. The second-order valence-electron chi connectivity index (χ2n) is 7.87. The third-order valence-corrected chi connectivity index (χ3v) is 4.90. The first-order chi connectivity index (χ1) is 14.9. The Hall–Kier alpha value is -3.22. The quantitative estimate of drug-likeness (QED) is 0.166. The fourth-order valence-electron chi connectivity index (χ4n) is 3.14. The lowest BCUT2D eigenvalue weighted by molar-refractivity contribution is -0.144. The van der Waals surface area contributed by atoms with Crippen molar-refractivity contribution in [3.05, 3.63) is 0 Å². The Kier molecular flexibility index (Phi) is 10.5. The van der Waals surface area contributed by atoms with E-state index in [2.05, 4.69) is 21.3 Å². The number of carboxylic acids is 3. The van der Waals surface area contributed by atoms with Crippen molar-refractivity contribution in [3.63, 3.8) is 0 Å². The summed E-state index contributed by atoms with van der Waals surface area (Å²) in [5, 5.41) is 37.0. The summed E-state index contributed by atoms with van der Waals surface area (Å²) in [7, 11) is 0. The smallest absolute Gasteiger partial charge is 0.326 e. The summed E-state index contributed by atoms with van der Waals surface area (Å²) in [5.41, 5.74) is 0. The minimum absolute atomic E-state index is 0.287. The molecule has 0 aromatic carbocycles. The summed E-state index contributed by atoms with van der Waals surface area (Å²) >= 11 is 0. The number of nitrogens with one attached hydrogen (secondary N) is 4. The highest BCUT2D eigenvalue weighted by molar-refractivity contribution is 5.95. The topological polar surface area (TPSA) is 211 Å². The number of hydrogen-bond acceptors (Lipinski definition) is 7. The van der Waals surface area contributed by atoms with Crippen LogP contribution in [0.5, 0.6) is 0 Å². The van der Waals surface area contributed by atoms with Crippen LogP contribution in [-0.2, 0) is 28.8 Å². The summed E-state index contributed by atoms with van der Waals surface area (Å²) in [6.45, 7) is 3.70. The van der Waals surface area contributed by atoms with Crippen molar-refractivity contribution in [3.8, 4) is 0 Å². The largest absolute Gasteiger partial charge is 0.481 e. The molecule has 0 aliphatic carbocycles. The highest BCUT2D eigenvalue weighted by Crippen LogP contribution is 2.08. The molecule has 1 saturated heterocycles. The molecule has 0 aromatic rings. The van der Waals surface area contributed by atoms with Gasteiger partial charge in [-0.15, -0.1) is 0 Å². The molecule has 1 fully saturated rings. The van der Waals surface area contributed by atoms with Gasteiger partial charge < -0.3 is 36.6 Å². The van der Waals surface area contributed by atoms with Gasteiger partial charge in [-0.1, -0.05) is 13.8 Å². The number of carbonyl (C=O) groups excluding carboxylic acids is 3. The van der Waals surface area contributed by atoms with Crippen LogP contribution in [0.25, 0.3) is 0 Å². The summed E-state index contributed by atoms with van der Waals surface area (Å²) in [6.07, 6.45) is -0.294. The van der Waals surface area contributed by atoms with Gasteiger partial charge in [0.2, 0.25) is 17.7 Å². The fourth-order valence-corrected chi connectivity index (χ4v) is 3.14. The van der Waals surface area contributed by atoms with Gasteiger partial charge in [-0.05, 0) is 31.7 Å². The molecule has 0 saturated carbocycles. The summed E-state index contributed by atoms with van der Waals surface area (Å²) < 4.78 is 0. The number of amides is 3. The Morgan fingerprint density at radius 2 is 1.53 bits per heavy atom. The molecule has 7 N–H and O–H groups in total. The Morgan fingerprint density at radius 3 is 2.00 bits per heavy atom. The molecule has 4 atom stereocenters. The molecule has 180 valence electrons. The molecule has 1 heterocycles. The standard InChI is InChI=1S/C19H30N4O9/c1-9(2)15(19(31)32)23-18(30)12(8-14(26)27)22-17(29)11(5-6-13(24)25)21-16(28)10-4-3-7-20-10/h9-12,15,20H,3-8H2,1-2H3,(H,21,28)(H,22,29)(H,23,30)(H,24,25)(H,26,27)(H,31,32). The van der Waals surface area contributed by atoms with Crippen LogP contribution in [0, 0.1) is 5.92 Å². The van der Waals surface area contributed by atoms with Crippen LogP contribution in [0.15, 0.2) is 0 Å². The number of carbonyl (C=O) groups is 6. The van der Waals surface area contributed by atoms with Crippen LogP contribution in [0.3, 0.4) is 0 Å². The number of hydrogen-bond donors (Lipinski definition) is 7. The van der Waals surface area contributed by atoms with E-state index in [-0.39, 0.29) is 6.42 Å². The molecule has 0 aromatic heterocycles.